The van der Waals surface area contributed by atoms with Gasteiger partial charge in [-0.3, -0.25) is 9.59 Å². The van der Waals surface area contributed by atoms with Crippen LogP contribution in [0.3, 0.4) is 0 Å². The van der Waals surface area contributed by atoms with Crippen molar-refractivity contribution in [1.82, 2.24) is 19.0 Å². The van der Waals surface area contributed by atoms with Gasteiger partial charge in [0.15, 0.2) is 0 Å². The number of benzene rings is 1. The summed E-state index contributed by atoms with van der Waals surface area (Å²) in [6.07, 6.45) is 5.76. The van der Waals surface area contributed by atoms with Crippen molar-refractivity contribution in [3.8, 4) is 5.69 Å². The van der Waals surface area contributed by atoms with Crippen molar-refractivity contribution in [1.29, 1.82) is 0 Å². The SMILES string of the molecule is Cc1cn(-c2ccc3n(c2=O)CCC(C)N(C(C)c2coc4ccc(Cl)cc24)C3=O)cn1. The number of rotatable bonds is 3. The van der Waals surface area contributed by atoms with Crippen molar-refractivity contribution < 1.29 is 9.21 Å². The van der Waals surface area contributed by atoms with Gasteiger partial charge in [0.25, 0.3) is 11.5 Å². The van der Waals surface area contributed by atoms with Crippen LogP contribution in [0.2, 0.25) is 5.02 Å². The lowest BCUT2D eigenvalue weighted by Crippen LogP contribution is -2.40. The fourth-order valence-electron chi connectivity index (χ4n) is 4.56. The standard InChI is InChI=1S/C24H23ClN4O3/c1-14-11-27(13-26-14)20-5-6-21-24(31)29(15(2)8-9-28(21)23(20)30)16(3)19-12-32-22-7-4-17(25)10-18(19)22/h4-7,10-13,15-16H,8-9H2,1-3H3. The molecule has 164 valence electrons. The zero-order valence-corrected chi connectivity index (χ0v) is 18.8. The van der Waals surface area contributed by atoms with Gasteiger partial charge in [0.2, 0.25) is 0 Å². The number of hydrogen-bond donors (Lipinski definition) is 0. The number of aryl methyl sites for hydroxylation is 1. The van der Waals surface area contributed by atoms with Crippen molar-refractivity contribution in [2.45, 2.75) is 45.8 Å². The van der Waals surface area contributed by atoms with E-state index >= 15 is 0 Å². The van der Waals surface area contributed by atoms with Gasteiger partial charge < -0.3 is 18.5 Å². The molecule has 0 bridgehead atoms. The highest BCUT2D eigenvalue weighted by Crippen LogP contribution is 2.34. The molecule has 32 heavy (non-hydrogen) atoms. The molecule has 0 aliphatic carbocycles. The van der Waals surface area contributed by atoms with Gasteiger partial charge in [-0.25, -0.2) is 4.98 Å². The quantitative estimate of drug-likeness (QED) is 0.452. The van der Waals surface area contributed by atoms with Gasteiger partial charge in [-0.2, -0.15) is 0 Å². The maximum Gasteiger partial charge on any atom is 0.275 e. The number of hydrogen-bond acceptors (Lipinski definition) is 4. The van der Waals surface area contributed by atoms with Crippen molar-refractivity contribution in [2.24, 2.45) is 0 Å². The Morgan fingerprint density at radius 2 is 2.03 bits per heavy atom. The summed E-state index contributed by atoms with van der Waals surface area (Å²) in [5, 5.41) is 1.50. The minimum absolute atomic E-state index is 0.0696. The smallest absolute Gasteiger partial charge is 0.275 e. The third-order valence-corrected chi connectivity index (χ3v) is 6.51. The first kappa shape index (κ1) is 20.6. The summed E-state index contributed by atoms with van der Waals surface area (Å²) in [5.41, 5.74) is 3.11. The average Bonchev–Trinajstić information content (AvgIpc) is 3.35. The maximum atomic E-state index is 13.7. The van der Waals surface area contributed by atoms with E-state index in [2.05, 4.69) is 4.98 Å². The van der Waals surface area contributed by atoms with Crippen LogP contribution in [0.15, 0.2) is 58.3 Å². The summed E-state index contributed by atoms with van der Waals surface area (Å²) in [6.45, 7) is 6.33. The fourth-order valence-corrected chi connectivity index (χ4v) is 4.74. The zero-order valence-electron chi connectivity index (χ0n) is 18.1. The van der Waals surface area contributed by atoms with E-state index in [4.69, 9.17) is 16.0 Å². The van der Waals surface area contributed by atoms with E-state index in [1.54, 1.807) is 46.1 Å². The lowest BCUT2D eigenvalue weighted by atomic mass is 10.0. The molecule has 1 aliphatic heterocycles. The maximum absolute atomic E-state index is 13.7. The van der Waals surface area contributed by atoms with E-state index in [0.29, 0.717) is 29.4 Å². The lowest BCUT2D eigenvalue weighted by Gasteiger charge is -2.33. The first-order valence-electron chi connectivity index (χ1n) is 10.6. The zero-order chi connectivity index (χ0) is 22.6. The first-order valence-corrected chi connectivity index (χ1v) is 11.0. The van der Waals surface area contributed by atoms with Crippen molar-refractivity contribution in [2.75, 3.05) is 0 Å². The lowest BCUT2D eigenvalue weighted by molar-refractivity contribution is 0.0609. The van der Waals surface area contributed by atoms with Gasteiger partial charge >= 0.3 is 0 Å². The third-order valence-electron chi connectivity index (χ3n) is 6.28. The molecule has 2 unspecified atom stereocenters. The molecule has 0 fully saturated rings. The molecule has 0 N–H and O–H groups in total. The van der Waals surface area contributed by atoms with E-state index in [0.717, 1.165) is 22.2 Å². The number of amides is 1. The summed E-state index contributed by atoms with van der Waals surface area (Å²) in [7, 11) is 0. The monoisotopic (exact) mass is 450 g/mol. The van der Waals surface area contributed by atoms with E-state index in [-0.39, 0.29) is 23.6 Å². The van der Waals surface area contributed by atoms with Crippen LogP contribution in [0.1, 0.15) is 48.1 Å². The van der Waals surface area contributed by atoms with Gasteiger partial charge in [-0.05, 0) is 57.5 Å². The topological polar surface area (TPSA) is 73.3 Å². The van der Waals surface area contributed by atoms with Crippen LogP contribution >= 0.6 is 11.6 Å². The minimum atomic E-state index is -0.255. The predicted octanol–water partition coefficient (Wildman–Crippen LogP) is 4.74. The number of carbonyl (C=O) groups excluding carboxylic acids is 1. The molecular formula is C24H23ClN4O3. The number of imidazole rings is 1. The highest BCUT2D eigenvalue weighted by molar-refractivity contribution is 6.31. The molecule has 5 rings (SSSR count). The van der Waals surface area contributed by atoms with Crippen LogP contribution in [0.4, 0.5) is 0 Å². The van der Waals surface area contributed by atoms with Crippen LogP contribution in [-0.4, -0.2) is 31.0 Å². The Balaban J connectivity index is 1.57. The second kappa shape index (κ2) is 7.67. The molecule has 1 aliphatic rings. The number of nitrogens with zero attached hydrogens (tertiary/aromatic N) is 4. The van der Waals surface area contributed by atoms with Gasteiger partial charge in [0.1, 0.15) is 17.0 Å². The summed E-state index contributed by atoms with van der Waals surface area (Å²) in [4.78, 5) is 33.0. The fraction of sp³-hybridized carbons (Fsp3) is 0.292. The molecule has 0 saturated carbocycles. The summed E-state index contributed by atoms with van der Waals surface area (Å²) >= 11 is 6.21. The van der Waals surface area contributed by atoms with Crippen LogP contribution in [0.25, 0.3) is 16.7 Å². The Bertz CT molecular complexity index is 1400. The van der Waals surface area contributed by atoms with Gasteiger partial charge in [0.05, 0.1) is 24.3 Å². The van der Waals surface area contributed by atoms with E-state index < -0.39 is 0 Å². The number of carbonyl (C=O) groups is 1. The molecule has 2 atom stereocenters. The summed E-state index contributed by atoms with van der Waals surface area (Å²) in [6, 6.07) is 8.57. The minimum Gasteiger partial charge on any atom is -0.464 e. The Morgan fingerprint density at radius 3 is 2.78 bits per heavy atom. The van der Waals surface area contributed by atoms with Crippen molar-refractivity contribution >= 4 is 28.5 Å². The van der Waals surface area contributed by atoms with E-state index in [1.807, 2.05) is 37.8 Å². The Labute approximate surface area is 189 Å². The number of halogens is 1. The number of pyridine rings is 1. The molecule has 3 aromatic heterocycles. The van der Waals surface area contributed by atoms with Crippen molar-refractivity contribution in [3.05, 3.63) is 81.4 Å². The molecule has 0 spiro atoms. The van der Waals surface area contributed by atoms with Crippen LogP contribution < -0.4 is 5.56 Å². The van der Waals surface area contributed by atoms with E-state index in [1.165, 1.54) is 0 Å². The second-order valence-corrected chi connectivity index (χ2v) is 8.78. The molecule has 8 heteroatoms. The first-order chi connectivity index (χ1) is 15.3. The van der Waals surface area contributed by atoms with Gasteiger partial charge in [-0.1, -0.05) is 11.6 Å². The van der Waals surface area contributed by atoms with E-state index in [9.17, 15) is 9.59 Å². The summed E-state index contributed by atoms with van der Waals surface area (Å²) in [5.74, 6) is -0.177. The highest BCUT2D eigenvalue weighted by Gasteiger charge is 2.33. The number of fused-ring (bicyclic) bond motifs is 2. The molecule has 0 radical (unpaired) electrons. The largest absolute Gasteiger partial charge is 0.464 e. The number of furan rings is 1. The molecule has 1 aromatic carbocycles. The highest BCUT2D eigenvalue weighted by atomic mass is 35.5. The molecule has 4 heterocycles. The average molecular weight is 451 g/mol. The molecular weight excluding hydrogens is 428 g/mol. The molecule has 7 nitrogen and oxygen atoms in total. The molecule has 0 saturated heterocycles. The second-order valence-electron chi connectivity index (χ2n) is 8.34. The Kier molecular flexibility index (Phi) is 4.93. The van der Waals surface area contributed by atoms with Crippen LogP contribution in [0.5, 0.6) is 0 Å². The molecule has 1 amide bonds. The molecule has 4 aromatic rings. The normalized spacial score (nSPS) is 17.4. The van der Waals surface area contributed by atoms with Crippen LogP contribution in [0, 0.1) is 6.92 Å². The Hall–Kier alpha value is -3.32. The van der Waals surface area contributed by atoms with Gasteiger partial charge in [-0.15, -0.1) is 0 Å². The van der Waals surface area contributed by atoms with Crippen molar-refractivity contribution in [3.63, 3.8) is 0 Å². The van der Waals surface area contributed by atoms with Crippen LogP contribution in [-0.2, 0) is 6.54 Å². The Morgan fingerprint density at radius 1 is 1.22 bits per heavy atom. The summed E-state index contributed by atoms with van der Waals surface area (Å²) < 4.78 is 9.00. The van der Waals surface area contributed by atoms with Gasteiger partial charge in [0, 0.05) is 34.8 Å². The third kappa shape index (κ3) is 3.24. The predicted molar refractivity (Wildman–Crippen MR) is 122 cm³/mol. The number of aromatic nitrogens is 3.